The summed E-state index contributed by atoms with van der Waals surface area (Å²) in [5.74, 6) is -1.04. The Balaban J connectivity index is 1.84. The van der Waals surface area contributed by atoms with E-state index in [1.165, 1.54) is 0 Å². The average molecular weight is 327 g/mol. The highest BCUT2D eigenvalue weighted by atomic mass is 35.5. The number of amides is 1. The van der Waals surface area contributed by atoms with Gasteiger partial charge in [0.15, 0.2) is 6.61 Å². The number of halogens is 1. The number of thiophene rings is 1. The Kier molecular flexibility index (Phi) is 5.21. The lowest BCUT2D eigenvalue weighted by molar-refractivity contribution is -0.125. The third-order valence-electron chi connectivity index (χ3n) is 3.41. The molecule has 112 valence electrons. The second-order valence-corrected chi connectivity index (χ2v) is 6.70. The van der Waals surface area contributed by atoms with E-state index in [1.807, 2.05) is 0 Å². The van der Waals surface area contributed by atoms with Crippen LogP contribution in [-0.4, -0.2) is 24.0 Å². The minimum atomic E-state index is -0.812. The molecule has 1 N–H and O–H groups in total. The third-order valence-corrected chi connectivity index (χ3v) is 4.62. The van der Waals surface area contributed by atoms with Crippen LogP contribution < -0.4 is 5.32 Å². The van der Waals surface area contributed by atoms with Gasteiger partial charge in [0.25, 0.3) is 5.91 Å². The zero-order valence-electron chi connectivity index (χ0n) is 11.4. The zero-order valence-corrected chi connectivity index (χ0v) is 12.9. The monoisotopic (exact) mass is 326 g/mol. The van der Waals surface area contributed by atoms with Gasteiger partial charge in [0.2, 0.25) is 0 Å². The number of hydrogen-bond acceptors (Lipinski definition) is 5. The highest BCUT2D eigenvalue weighted by Gasteiger charge is 2.33. The Morgan fingerprint density at radius 3 is 2.67 bits per heavy atom. The van der Waals surface area contributed by atoms with Crippen LogP contribution in [0.25, 0.3) is 0 Å². The summed E-state index contributed by atoms with van der Waals surface area (Å²) in [5, 5.41) is 12.0. The molecule has 1 amide bonds. The van der Waals surface area contributed by atoms with E-state index in [4.69, 9.17) is 16.3 Å². The molecule has 0 saturated heterocycles. The molecule has 5 nitrogen and oxygen atoms in total. The van der Waals surface area contributed by atoms with Crippen LogP contribution in [0, 0.1) is 11.3 Å². The Hall–Kier alpha value is -1.58. The van der Waals surface area contributed by atoms with E-state index in [0.29, 0.717) is 22.1 Å². The molecule has 0 unspecified atom stereocenters. The molecule has 0 bridgehead atoms. The molecule has 1 aliphatic rings. The van der Waals surface area contributed by atoms with Crippen molar-refractivity contribution in [3.05, 3.63) is 21.3 Å². The quantitative estimate of drug-likeness (QED) is 0.863. The average Bonchev–Trinajstić information content (AvgIpc) is 2.92. The van der Waals surface area contributed by atoms with Gasteiger partial charge < -0.3 is 10.1 Å². The smallest absolute Gasteiger partial charge is 0.348 e. The van der Waals surface area contributed by atoms with Crippen LogP contribution >= 0.6 is 22.9 Å². The van der Waals surface area contributed by atoms with E-state index >= 15 is 0 Å². The van der Waals surface area contributed by atoms with Crippen molar-refractivity contribution >= 4 is 34.8 Å². The van der Waals surface area contributed by atoms with Gasteiger partial charge >= 0.3 is 5.97 Å². The van der Waals surface area contributed by atoms with Gasteiger partial charge in [0, 0.05) is 0 Å². The number of hydrogen-bond donors (Lipinski definition) is 1. The van der Waals surface area contributed by atoms with E-state index in [0.717, 1.165) is 30.6 Å². The molecular weight excluding hydrogens is 312 g/mol. The van der Waals surface area contributed by atoms with Crippen molar-refractivity contribution in [3.63, 3.8) is 0 Å². The number of esters is 1. The second kappa shape index (κ2) is 6.92. The Morgan fingerprint density at radius 2 is 2.10 bits per heavy atom. The molecule has 0 aliphatic heterocycles. The van der Waals surface area contributed by atoms with Gasteiger partial charge in [0.1, 0.15) is 10.4 Å². The van der Waals surface area contributed by atoms with Crippen molar-refractivity contribution in [1.82, 2.24) is 5.32 Å². The van der Waals surface area contributed by atoms with Gasteiger partial charge in [-0.15, -0.1) is 11.3 Å². The van der Waals surface area contributed by atoms with E-state index in [2.05, 4.69) is 11.4 Å². The Labute approximate surface area is 131 Å². The van der Waals surface area contributed by atoms with E-state index in [1.54, 1.807) is 12.1 Å². The van der Waals surface area contributed by atoms with Crippen LogP contribution in [0.1, 0.15) is 41.8 Å². The lowest BCUT2D eigenvalue weighted by atomic mass is 9.83. The third kappa shape index (κ3) is 4.19. The standard InChI is InChI=1S/C14H15ClN2O3S/c15-11-5-4-10(21-11)13(19)20-8-12(18)17-14(9-16)6-2-1-3-7-14/h4-5H,1-3,6-8H2,(H,17,18). The summed E-state index contributed by atoms with van der Waals surface area (Å²) < 4.78 is 5.41. The van der Waals surface area contributed by atoms with Crippen molar-refractivity contribution in [2.45, 2.75) is 37.6 Å². The minimum absolute atomic E-state index is 0.348. The Bertz CT molecular complexity index is 573. The SMILES string of the molecule is N#CC1(NC(=O)COC(=O)c2ccc(Cl)s2)CCCCC1. The molecule has 1 aliphatic carbocycles. The van der Waals surface area contributed by atoms with Crippen molar-refractivity contribution in [2.24, 2.45) is 0 Å². The lowest BCUT2D eigenvalue weighted by Crippen LogP contribution is -2.50. The molecule has 0 atom stereocenters. The zero-order chi connectivity index (χ0) is 15.3. The van der Waals surface area contributed by atoms with Crippen LogP contribution in [0.5, 0.6) is 0 Å². The topological polar surface area (TPSA) is 79.2 Å². The second-order valence-electron chi connectivity index (χ2n) is 4.98. The van der Waals surface area contributed by atoms with Gasteiger partial charge in [-0.25, -0.2) is 4.79 Å². The molecule has 7 heteroatoms. The lowest BCUT2D eigenvalue weighted by Gasteiger charge is -2.31. The maximum absolute atomic E-state index is 11.9. The number of carbonyl (C=O) groups excluding carboxylic acids is 2. The van der Waals surface area contributed by atoms with Crippen LogP contribution in [0.15, 0.2) is 12.1 Å². The number of rotatable bonds is 4. The predicted octanol–water partition coefficient (Wildman–Crippen LogP) is 2.90. The fourth-order valence-corrected chi connectivity index (χ4v) is 3.29. The normalized spacial score (nSPS) is 16.8. The molecule has 0 radical (unpaired) electrons. The first-order valence-corrected chi connectivity index (χ1v) is 7.89. The fourth-order valence-electron chi connectivity index (χ4n) is 2.35. The van der Waals surface area contributed by atoms with Crippen LogP contribution in [0.4, 0.5) is 0 Å². The molecule has 1 aromatic rings. The molecule has 21 heavy (non-hydrogen) atoms. The highest BCUT2D eigenvalue weighted by molar-refractivity contribution is 7.17. The molecule has 0 spiro atoms. The van der Waals surface area contributed by atoms with Crippen LogP contribution in [0.3, 0.4) is 0 Å². The van der Waals surface area contributed by atoms with Gasteiger partial charge in [-0.05, 0) is 25.0 Å². The van der Waals surface area contributed by atoms with Crippen LogP contribution in [0.2, 0.25) is 4.34 Å². The highest BCUT2D eigenvalue weighted by Crippen LogP contribution is 2.27. The van der Waals surface area contributed by atoms with Crippen LogP contribution in [-0.2, 0) is 9.53 Å². The molecular formula is C14H15ClN2O3S. The van der Waals surface area contributed by atoms with Crippen molar-refractivity contribution in [1.29, 1.82) is 5.26 Å². The van der Waals surface area contributed by atoms with E-state index in [-0.39, 0.29) is 0 Å². The molecule has 1 heterocycles. The maximum atomic E-state index is 11.9. The van der Waals surface area contributed by atoms with Gasteiger partial charge in [-0.2, -0.15) is 5.26 Å². The summed E-state index contributed by atoms with van der Waals surface area (Å²) in [4.78, 5) is 23.9. The number of carbonyl (C=O) groups is 2. The summed E-state index contributed by atoms with van der Waals surface area (Å²) in [6, 6.07) is 5.32. The van der Waals surface area contributed by atoms with Crippen molar-refractivity contribution in [2.75, 3.05) is 6.61 Å². The van der Waals surface area contributed by atoms with Crippen molar-refractivity contribution < 1.29 is 14.3 Å². The Morgan fingerprint density at radius 1 is 1.38 bits per heavy atom. The summed E-state index contributed by atoms with van der Waals surface area (Å²) in [7, 11) is 0. The van der Waals surface area contributed by atoms with Crippen molar-refractivity contribution in [3.8, 4) is 6.07 Å². The summed E-state index contributed by atoms with van der Waals surface area (Å²) in [6.45, 7) is -0.391. The molecule has 2 rings (SSSR count). The molecule has 0 aromatic carbocycles. The largest absolute Gasteiger partial charge is 0.451 e. The first-order chi connectivity index (χ1) is 10.0. The number of nitrogens with one attached hydrogen (secondary N) is 1. The van der Waals surface area contributed by atoms with Gasteiger partial charge in [-0.3, -0.25) is 4.79 Å². The number of nitriles is 1. The molecule has 1 fully saturated rings. The summed E-state index contributed by atoms with van der Waals surface area (Å²) in [5.41, 5.74) is -0.812. The fraction of sp³-hybridized carbons (Fsp3) is 0.500. The first-order valence-electron chi connectivity index (χ1n) is 6.69. The van der Waals surface area contributed by atoms with E-state index < -0.39 is 24.0 Å². The van der Waals surface area contributed by atoms with Gasteiger partial charge in [0.05, 0.1) is 10.4 Å². The number of nitrogens with zero attached hydrogens (tertiary/aromatic N) is 1. The number of ether oxygens (including phenoxy) is 1. The molecule has 1 aromatic heterocycles. The van der Waals surface area contributed by atoms with E-state index in [9.17, 15) is 14.9 Å². The summed E-state index contributed by atoms with van der Waals surface area (Å²) in [6.07, 6.45) is 4.20. The minimum Gasteiger partial charge on any atom is -0.451 e. The van der Waals surface area contributed by atoms with Gasteiger partial charge in [-0.1, -0.05) is 30.9 Å². The molecule has 1 saturated carbocycles. The maximum Gasteiger partial charge on any atom is 0.348 e. The first kappa shape index (κ1) is 15.8. The predicted molar refractivity (Wildman–Crippen MR) is 79.2 cm³/mol. The summed E-state index contributed by atoms with van der Waals surface area (Å²) >= 11 is 6.82.